The van der Waals surface area contributed by atoms with Gasteiger partial charge in [0.1, 0.15) is 0 Å². The van der Waals surface area contributed by atoms with Crippen LogP contribution in [0.3, 0.4) is 0 Å². The fourth-order valence-corrected chi connectivity index (χ4v) is 11.2. The molecule has 5 saturated carbocycles. The van der Waals surface area contributed by atoms with Crippen LogP contribution in [0.15, 0.2) is 0 Å². The Hall–Kier alpha value is 0.180. The Balaban J connectivity index is 1.10. The van der Waals surface area contributed by atoms with Gasteiger partial charge in [-0.05, 0) is 113 Å². The van der Waals surface area contributed by atoms with Crippen molar-refractivity contribution in [3.8, 4) is 0 Å². The maximum Gasteiger partial charge on any atom is 0.0348 e. The molecule has 0 bridgehead atoms. The summed E-state index contributed by atoms with van der Waals surface area (Å²) in [7, 11) is 0. The fraction of sp³-hybridized carbons (Fsp3) is 0.938. The summed E-state index contributed by atoms with van der Waals surface area (Å²) >= 11 is 12.6. The van der Waals surface area contributed by atoms with Gasteiger partial charge in [-0.2, -0.15) is 0 Å². The summed E-state index contributed by atoms with van der Waals surface area (Å²) in [5.41, 5.74) is 0.400. The lowest BCUT2D eigenvalue weighted by Crippen LogP contribution is -2.67. The molecule has 2 spiro atoms. The van der Waals surface area contributed by atoms with Crippen molar-refractivity contribution in [3.05, 3.63) is 0 Å². The van der Waals surface area contributed by atoms with Crippen LogP contribution in [0.4, 0.5) is 0 Å². The molecule has 5 aliphatic rings. The Morgan fingerprint density at radius 3 is 1.09 bits per heavy atom. The highest BCUT2D eigenvalue weighted by molar-refractivity contribution is 7.84. The van der Waals surface area contributed by atoms with Crippen molar-refractivity contribution in [2.24, 2.45) is 46.3 Å². The van der Waals surface area contributed by atoms with Gasteiger partial charge in [-0.25, -0.2) is 0 Å². The van der Waals surface area contributed by atoms with Gasteiger partial charge in [-0.1, -0.05) is 89.6 Å². The number of thiocarbonyl (C=S) groups is 2. The molecule has 2 heteroatoms. The molecule has 0 atom stereocenters. The van der Waals surface area contributed by atoms with Gasteiger partial charge in [-0.3, -0.25) is 0 Å². The van der Waals surface area contributed by atoms with Crippen molar-refractivity contribution in [3.63, 3.8) is 0 Å². The lowest BCUT2D eigenvalue weighted by molar-refractivity contribution is 0.114. The number of hydrogen-bond donors (Lipinski definition) is 0. The van der Waals surface area contributed by atoms with Gasteiger partial charge in [0, 0.05) is 20.6 Å². The molecule has 5 rings (SSSR count). The number of hydrogen-bond acceptors (Lipinski definition) is 2. The summed E-state index contributed by atoms with van der Waals surface area (Å²) < 4.78 is 0. The standard InChI is InChI=1S/C32H52S2/c1-3-5-23-7-11-25(12-8-23)27-15-19-31(20-16-27)29(33)32(30(31)34)21-17-28(18-22-32)26-13-9-24(6-4-2)10-14-26/h23-28H,3-22H2,1-2H3. The summed E-state index contributed by atoms with van der Waals surface area (Å²) in [6, 6.07) is 0. The summed E-state index contributed by atoms with van der Waals surface area (Å²) in [6.07, 6.45) is 28.5. The Morgan fingerprint density at radius 2 is 0.794 bits per heavy atom. The van der Waals surface area contributed by atoms with E-state index in [4.69, 9.17) is 24.4 Å². The van der Waals surface area contributed by atoms with Crippen LogP contribution < -0.4 is 0 Å². The van der Waals surface area contributed by atoms with E-state index in [9.17, 15) is 0 Å². The van der Waals surface area contributed by atoms with Gasteiger partial charge in [0.05, 0.1) is 0 Å². The predicted octanol–water partition coefficient (Wildman–Crippen LogP) is 10.3. The van der Waals surface area contributed by atoms with E-state index in [1.807, 2.05) is 0 Å². The second-order valence-electron chi connectivity index (χ2n) is 13.6. The zero-order valence-corrected chi connectivity index (χ0v) is 24.1. The minimum absolute atomic E-state index is 0.200. The molecule has 0 aromatic heterocycles. The Labute approximate surface area is 222 Å². The minimum atomic E-state index is 0.200. The van der Waals surface area contributed by atoms with Crippen molar-refractivity contribution >= 4 is 34.2 Å². The highest BCUT2D eigenvalue weighted by atomic mass is 32.1. The summed E-state index contributed by atoms with van der Waals surface area (Å²) in [6.45, 7) is 4.71. The molecular formula is C32H52S2. The topological polar surface area (TPSA) is 0 Å². The molecule has 0 aliphatic heterocycles. The smallest absolute Gasteiger partial charge is 0.0348 e. The van der Waals surface area contributed by atoms with Crippen molar-refractivity contribution in [2.45, 2.75) is 142 Å². The molecule has 0 unspecified atom stereocenters. The van der Waals surface area contributed by atoms with Crippen LogP contribution in [0.2, 0.25) is 0 Å². The maximum absolute atomic E-state index is 6.32. The lowest BCUT2D eigenvalue weighted by atomic mass is 9.43. The molecule has 5 fully saturated rings. The molecule has 0 radical (unpaired) electrons. The van der Waals surface area contributed by atoms with Crippen LogP contribution in [0.1, 0.15) is 142 Å². The first kappa shape index (κ1) is 25.8. The summed E-state index contributed by atoms with van der Waals surface area (Å²) in [4.78, 5) is 2.89. The average molecular weight is 501 g/mol. The molecule has 0 aromatic carbocycles. The van der Waals surface area contributed by atoms with Crippen molar-refractivity contribution in [2.75, 3.05) is 0 Å². The molecule has 0 nitrogen and oxygen atoms in total. The Morgan fingerprint density at radius 1 is 0.500 bits per heavy atom. The third-order valence-electron chi connectivity index (χ3n) is 12.0. The van der Waals surface area contributed by atoms with E-state index in [1.165, 1.54) is 138 Å². The van der Waals surface area contributed by atoms with Crippen molar-refractivity contribution < 1.29 is 0 Å². The van der Waals surface area contributed by atoms with Gasteiger partial charge in [0.2, 0.25) is 0 Å². The first-order valence-corrected chi connectivity index (χ1v) is 16.4. The maximum atomic E-state index is 6.32. The summed E-state index contributed by atoms with van der Waals surface area (Å²) in [5.74, 6) is 6.01. The van der Waals surface area contributed by atoms with E-state index in [1.54, 1.807) is 0 Å². The first-order valence-electron chi connectivity index (χ1n) is 15.6. The van der Waals surface area contributed by atoms with Crippen LogP contribution in [0, 0.1) is 46.3 Å². The zero-order valence-electron chi connectivity index (χ0n) is 22.4. The summed E-state index contributed by atoms with van der Waals surface area (Å²) in [5, 5.41) is 0. The third kappa shape index (κ3) is 4.63. The highest BCUT2D eigenvalue weighted by Gasteiger charge is 2.65. The minimum Gasteiger partial charge on any atom is -0.0877 e. The van der Waals surface area contributed by atoms with E-state index >= 15 is 0 Å². The molecular weight excluding hydrogens is 448 g/mol. The Bertz CT molecular complexity index is 627. The molecule has 0 saturated heterocycles. The molecule has 0 aromatic rings. The van der Waals surface area contributed by atoms with E-state index < -0.39 is 0 Å². The quantitative estimate of drug-likeness (QED) is 0.333. The van der Waals surface area contributed by atoms with Gasteiger partial charge in [0.15, 0.2) is 0 Å². The molecule has 5 aliphatic carbocycles. The molecule has 0 heterocycles. The SMILES string of the molecule is CCCC1CCC(C2CCC3(CC2)C(=S)C2(CCC(C4CCC(CCC)CC4)CC2)C3=S)CC1. The van der Waals surface area contributed by atoms with Gasteiger partial charge in [-0.15, -0.1) is 0 Å². The average Bonchev–Trinajstić information content (AvgIpc) is 2.89. The van der Waals surface area contributed by atoms with Crippen molar-refractivity contribution in [1.82, 2.24) is 0 Å². The van der Waals surface area contributed by atoms with E-state index in [2.05, 4.69) is 13.8 Å². The van der Waals surface area contributed by atoms with Crippen LogP contribution in [-0.4, -0.2) is 9.73 Å². The predicted molar refractivity (Wildman–Crippen MR) is 155 cm³/mol. The third-order valence-corrected chi connectivity index (χ3v) is 13.6. The molecule has 0 N–H and O–H groups in total. The monoisotopic (exact) mass is 500 g/mol. The fourth-order valence-electron chi connectivity index (χ4n) is 9.89. The van der Waals surface area contributed by atoms with E-state index in [0.29, 0.717) is 0 Å². The normalized spacial score (nSPS) is 45.5. The zero-order chi connectivity index (χ0) is 23.8. The highest BCUT2D eigenvalue weighted by Crippen LogP contribution is 2.64. The lowest BCUT2D eigenvalue weighted by Gasteiger charge is -2.63. The molecule has 0 amide bonds. The molecule has 192 valence electrons. The van der Waals surface area contributed by atoms with Gasteiger partial charge in [0.25, 0.3) is 0 Å². The second-order valence-corrected chi connectivity index (χ2v) is 14.5. The first-order chi connectivity index (χ1) is 16.5. The van der Waals surface area contributed by atoms with Gasteiger partial charge < -0.3 is 0 Å². The largest absolute Gasteiger partial charge is 0.0877 e. The van der Waals surface area contributed by atoms with Crippen LogP contribution in [0.25, 0.3) is 0 Å². The van der Waals surface area contributed by atoms with Crippen LogP contribution in [-0.2, 0) is 0 Å². The second kappa shape index (κ2) is 10.9. The van der Waals surface area contributed by atoms with Crippen molar-refractivity contribution in [1.29, 1.82) is 0 Å². The Kier molecular flexibility index (Phi) is 8.27. The van der Waals surface area contributed by atoms with Crippen LogP contribution in [0.5, 0.6) is 0 Å². The molecule has 34 heavy (non-hydrogen) atoms. The van der Waals surface area contributed by atoms with E-state index in [-0.39, 0.29) is 10.8 Å². The number of rotatable bonds is 6. The van der Waals surface area contributed by atoms with Gasteiger partial charge >= 0.3 is 0 Å². The van der Waals surface area contributed by atoms with E-state index in [0.717, 1.165) is 35.5 Å². The van der Waals surface area contributed by atoms with Crippen LogP contribution >= 0.6 is 24.4 Å².